The van der Waals surface area contributed by atoms with Crippen molar-refractivity contribution in [2.75, 3.05) is 5.75 Å². The molecule has 2 nitrogen and oxygen atoms in total. The first-order valence-electron chi connectivity index (χ1n) is 5.70. The third-order valence-electron chi connectivity index (χ3n) is 3.43. The predicted molar refractivity (Wildman–Crippen MR) is 67.3 cm³/mol. The summed E-state index contributed by atoms with van der Waals surface area (Å²) in [6, 6.07) is 0.662. The molecule has 1 fully saturated rings. The normalized spacial score (nSPS) is 21.9. The zero-order valence-corrected chi connectivity index (χ0v) is 11.1. The van der Waals surface area contributed by atoms with Gasteiger partial charge < -0.3 is 0 Å². The van der Waals surface area contributed by atoms with Gasteiger partial charge in [0.1, 0.15) is 4.60 Å². The van der Waals surface area contributed by atoms with Crippen molar-refractivity contribution < 1.29 is 0 Å². The molecule has 2 heterocycles. The van der Waals surface area contributed by atoms with E-state index in [9.17, 15) is 0 Å². The molecule has 0 unspecified atom stereocenters. The van der Waals surface area contributed by atoms with Crippen LogP contribution in [0, 0.1) is 0 Å². The molecule has 0 bridgehead atoms. The highest BCUT2D eigenvalue weighted by atomic mass is 79.9. The maximum Gasteiger partial charge on any atom is 0.107 e. The zero-order chi connectivity index (χ0) is 10.3. The second kappa shape index (κ2) is 4.13. The minimum atomic E-state index is 0.662. The molecule has 0 saturated heterocycles. The molecule has 82 valence electrons. The van der Waals surface area contributed by atoms with Crippen LogP contribution in [0.5, 0.6) is 0 Å². The van der Waals surface area contributed by atoms with Gasteiger partial charge in [-0.1, -0.05) is 12.8 Å². The molecule has 1 saturated carbocycles. The van der Waals surface area contributed by atoms with Crippen molar-refractivity contribution in [1.29, 1.82) is 0 Å². The first-order chi connectivity index (χ1) is 7.36. The number of hydrogen-bond donors (Lipinski definition) is 0. The highest BCUT2D eigenvalue weighted by molar-refractivity contribution is 9.10. The van der Waals surface area contributed by atoms with Crippen molar-refractivity contribution in [3.05, 3.63) is 15.9 Å². The molecule has 15 heavy (non-hydrogen) atoms. The summed E-state index contributed by atoms with van der Waals surface area (Å²) in [5.74, 6) is 2.36. The lowest BCUT2D eigenvalue weighted by Crippen LogP contribution is -2.07. The van der Waals surface area contributed by atoms with Crippen LogP contribution < -0.4 is 0 Å². The third kappa shape index (κ3) is 1.76. The van der Waals surface area contributed by atoms with E-state index in [0.29, 0.717) is 6.04 Å². The lowest BCUT2D eigenvalue weighted by molar-refractivity contribution is 0.456. The van der Waals surface area contributed by atoms with E-state index in [2.05, 4.69) is 20.6 Å². The van der Waals surface area contributed by atoms with Gasteiger partial charge in [0.2, 0.25) is 0 Å². The first-order valence-corrected chi connectivity index (χ1v) is 7.64. The molecule has 0 spiro atoms. The van der Waals surface area contributed by atoms with Gasteiger partial charge in [0.15, 0.2) is 0 Å². The van der Waals surface area contributed by atoms with E-state index in [-0.39, 0.29) is 0 Å². The number of rotatable bonds is 1. The second-order valence-electron chi connectivity index (χ2n) is 4.40. The van der Waals surface area contributed by atoms with Gasteiger partial charge in [-0.25, -0.2) is 0 Å². The molecule has 0 N–H and O–H groups in total. The Bertz CT molecular complexity index is 369. The van der Waals surface area contributed by atoms with Gasteiger partial charge in [0, 0.05) is 11.3 Å². The van der Waals surface area contributed by atoms with Crippen LogP contribution in [0.2, 0.25) is 0 Å². The summed E-state index contributed by atoms with van der Waals surface area (Å²) in [6.07, 6.45) is 6.55. The van der Waals surface area contributed by atoms with Gasteiger partial charge in [-0.3, -0.25) is 4.68 Å². The van der Waals surface area contributed by atoms with Crippen molar-refractivity contribution in [2.45, 2.75) is 43.9 Å². The molecule has 0 aromatic carbocycles. The van der Waals surface area contributed by atoms with E-state index in [0.717, 1.165) is 5.75 Å². The van der Waals surface area contributed by atoms with Crippen molar-refractivity contribution >= 4 is 27.7 Å². The van der Waals surface area contributed by atoms with Gasteiger partial charge in [-0.15, -0.1) is 0 Å². The van der Waals surface area contributed by atoms with Gasteiger partial charge in [0.25, 0.3) is 0 Å². The first kappa shape index (κ1) is 10.2. The van der Waals surface area contributed by atoms with Gasteiger partial charge >= 0.3 is 0 Å². The third-order valence-corrected chi connectivity index (χ3v) is 5.25. The molecule has 3 rings (SSSR count). The molecule has 0 atom stereocenters. The number of hydrogen-bond acceptors (Lipinski definition) is 2. The Morgan fingerprint density at radius 1 is 1.33 bits per heavy atom. The van der Waals surface area contributed by atoms with E-state index in [1.807, 2.05) is 11.8 Å². The van der Waals surface area contributed by atoms with Crippen LogP contribution in [0.4, 0.5) is 0 Å². The monoisotopic (exact) mass is 286 g/mol. The fourth-order valence-corrected chi connectivity index (χ4v) is 4.30. The topological polar surface area (TPSA) is 17.8 Å². The number of halogens is 1. The minimum absolute atomic E-state index is 0.662. The lowest BCUT2D eigenvalue weighted by Gasteiger charge is -2.11. The standard InChI is InChI=1S/C11H15BrN2S/c12-11-9-5-6-15-7-10(9)13-14(11)8-3-1-2-4-8/h8H,1-7H2. The average Bonchev–Trinajstić information content (AvgIpc) is 2.87. The molecular formula is C11H15BrN2S. The van der Waals surface area contributed by atoms with E-state index < -0.39 is 0 Å². The van der Waals surface area contributed by atoms with Crippen LogP contribution in [-0.2, 0) is 12.2 Å². The SMILES string of the molecule is Brc1c2c(nn1C1CCCC1)CSCC2. The van der Waals surface area contributed by atoms with E-state index >= 15 is 0 Å². The highest BCUT2D eigenvalue weighted by Crippen LogP contribution is 2.36. The van der Waals surface area contributed by atoms with E-state index in [1.54, 1.807) is 0 Å². The molecule has 2 aliphatic rings. The second-order valence-corrected chi connectivity index (χ2v) is 6.26. The number of thioether (sulfide) groups is 1. The molecule has 1 aliphatic heterocycles. The van der Waals surface area contributed by atoms with Gasteiger partial charge in [0.05, 0.1) is 11.7 Å². The van der Waals surface area contributed by atoms with Crippen molar-refractivity contribution in [3.63, 3.8) is 0 Å². The summed E-state index contributed by atoms with van der Waals surface area (Å²) >= 11 is 5.74. The highest BCUT2D eigenvalue weighted by Gasteiger charge is 2.25. The summed E-state index contributed by atoms with van der Waals surface area (Å²) in [5, 5.41) is 4.78. The Morgan fingerprint density at radius 3 is 2.87 bits per heavy atom. The van der Waals surface area contributed by atoms with Crippen LogP contribution in [0.25, 0.3) is 0 Å². The van der Waals surface area contributed by atoms with Crippen LogP contribution in [-0.4, -0.2) is 15.5 Å². The van der Waals surface area contributed by atoms with E-state index in [4.69, 9.17) is 5.10 Å². The number of nitrogens with zero attached hydrogens (tertiary/aromatic N) is 2. The van der Waals surface area contributed by atoms with Gasteiger partial charge in [-0.05, 0) is 40.9 Å². The fraction of sp³-hybridized carbons (Fsp3) is 0.727. The molecule has 0 radical (unpaired) electrons. The maximum atomic E-state index is 4.78. The summed E-state index contributed by atoms with van der Waals surface area (Å²) in [4.78, 5) is 0. The number of fused-ring (bicyclic) bond motifs is 1. The zero-order valence-electron chi connectivity index (χ0n) is 8.71. The Balaban J connectivity index is 1.97. The molecule has 1 aromatic heterocycles. The van der Waals surface area contributed by atoms with Crippen molar-refractivity contribution in [3.8, 4) is 0 Å². The summed E-state index contributed by atoms with van der Waals surface area (Å²) in [7, 11) is 0. The maximum absolute atomic E-state index is 4.78. The summed E-state index contributed by atoms with van der Waals surface area (Å²) in [5.41, 5.74) is 2.80. The van der Waals surface area contributed by atoms with Crippen LogP contribution in [0.15, 0.2) is 4.60 Å². The Hall–Kier alpha value is 0.0400. The quantitative estimate of drug-likeness (QED) is 0.786. The minimum Gasteiger partial charge on any atom is -0.255 e. The van der Waals surface area contributed by atoms with E-state index in [1.165, 1.54) is 53.7 Å². The average molecular weight is 287 g/mol. The predicted octanol–water partition coefficient (Wildman–Crippen LogP) is 3.55. The molecule has 0 amide bonds. The van der Waals surface area contributed by atoms with Crippen LogP contribution >= 0.6 is 27.7 Å². The largest absolute Gasteiger partial charge is 0.255 e. The molecule has 4 heteroatoms. The molecule has 1 aromatic rings. The lowest BCUT2D eigenvalue weighted by atomic mass is 10.2. The van der Waals surface area contributed by atoms with Crippen molar-refractivity contribution in [1.82, 2.24) is 9.78 Å². The summed E-state index contributed by atoms with van der Waals surface area (Å²) < 4.78 is 3.52. The fourth-order valence-electron chi connectivity index (χ4n) is 2.59. The summed E-state index contributed by atoms with van der Waals surface area (Å²) in [6.45, 7) is 0. The molecular weight excluding hydrogens is 272 g/mol. The van der Waals surface area contributed by atoms with Crippen molar-refractivity contribution in [2.24, 2.45) is 0 Å². The Kier molecular flexibility index (Phi) is 2.81. The van der Waals surface area contributed by atoms with Crippen LogP contribution in [0.1, 0.15) is 43.0 Å². The van der Waals surface area contributed by atoms with Crippen LogP contribution in [0.3, 0.4) is 0 Å². The Morgan fingerprint density at radius 2 is 2.13 bits per heavy atom. The van der Waals surface area contributed by atoms with Gasteiger partial charge in [-0.2, -0.15) is 16.9 Å². The smallest absolute Gasteiger partial charge is 0.107 e. The Labute approximate surface area is 103 Å². The number of aromatic nitrogens is 2. The molecule has 1 aliphatic carbocycles.